The fourth-order valence-corrected chi connectivity index (χ4v) is 3.95. The Morgan fingerprint density at radius 1 is 1.12 bits per heavy atom. The van der Waals surface area contributed by atoms with Crippen LogP contribution in [0.4, 0.5) is 8.78 Å². The lowest BCUT2D eigenvalue weighted by atomic mass is 9.84. The highest BCUT2D eigenvalue weighted by Gasteiger charge is 2.33. The molecule has 2 heterocycles. The van der Waals surface area contributed by atoms with Crippen molar-refractivity contribution in [3.8, 4) is 17.2 Å². The first kappa shape index (κ1) is 17.1. The number of ether oxygens (including phenoxy) is 3. The quantitative estimate of drug-likeness (QED) is 0.831. The lowest BCUT2D eigenvalue weighted by Gasteiger charge is -2.41. The molecule has 2 aliphatic rings. The Balaban J connectivity index is 1.70. The highest BCUT2D eigenvalue weighted by Crippen LogP contribution is 2.43. The summed E-state index contributed by atoms with van der Waals surface area (Å²) >= 11 is 0. The summed E-state index contributed by atoms with van der Waals surface area (Å²) < 4.78 is 40.5. The molecule has 6 heteroatoms. The van der Waals surface area contributed by atoms with Crippen LogP contribution in [0.3, 0.4) is 0 Å². The van der Waals surface area contributed by atoms with Crippen LogP contribution in [0.5, 0.6) is 17.2 Å². The molecule has 4 nitrogen and oxygen atoms in total. The summed E-state index contributed by atoms with van der Waals surface area (Å²) in [6.07, 6.45) is 1.63. The predicted octanol–water partition coefficient (Wildman–Crippen LogP) is 3.76. The SMILES string of the molecule is COc1[c]c2c(cc1)CC1c3cc(OC)c(OC(F)F)cc3CCN1C2. The van der Waals surface area contributed by atoms with E-state index in [1.54, 1.807) is 13.2 Å². The van der Waals surface area contributed by atoms with Gasteiger partial charge < -0.3 is 14.2 Å². The van der Waals surface area contributed by atoms with Crippen LogP contribution in [0.1, 0.15) is 28.3 Å². The highest BCUT2D eigenvalue weighted by molar-refractivity contribution is 5.51. The van der Waals surface area contributed by atoms with Crippen molar-refractivity contribution < 1.29 is 23.0 Å². The van der Waals surface area contributed by atoms with Crippen LogP contribution in [-0.4, -0.2) is 32.3 Å². The summed E-state index contributed by atoms with van der Waals surface area (Å²) in [6.45, 7) is -1.20. The minimum atomic E-state index is -2.87. The molecule has 0 fully saturated rings. The third kappa shape index (κ3) is 2.98. The lowest BCUT2D eigenvalue weighted by molar-refractivity contribution is -0.0513. The van der Waals surface area contributed by atoms with Crippen LogP contribution in [0, 0.1) is 6.07 Å². The molecule has 2 aromatic carbocycles. The summed E-state index contributed by atoms with van der Waals surface area (Å²) in [5, 5.41) is 0. The average Bonchev–Trinajstić information content (AvgIpc) is 2.64. The molecule has 26 heavy (non-hydrogen) atoms. The minimum absolute atomic E-state index is 0.101. The fraction of sp³-hybridized carbons (Fsp3) is 0.400. The number of nitrogens with zero attached hydrogens (tertiary/aromatic N) is 1. The molecule has 0 bridgehead atoms. The van der Waals surface area contributed by atoms with Crippen molar-refractivity contribution in [2.75, 3.05) is 20.8 Å². The van der Waals surface area contributed by atoms with E-state index in [1.807, 2.05) is 12.1 Å². The standard InChI is InChI=1S/C20H20F2NO3/c1-24-15-4-3-12-8-17-16-10-18(25-2)19(26-20(21)22)9-13(16)5-6-23(17)11-14(12)7-15/h3-4,9-10,17,20H,5-6,8,11H2,1-2H3. The number of benzene rings is 2. The van der Waals surface area contributed by atoms with Crippen LogP contribution in [-0.2, 0) is 19.4 Å². The number of alkyl halides is 2. The average molecular weight is 360 g/mol. The number of methoxy groups -OCH3 is 2. The van der Waals surface area contributed by atoms with E-state index < -0.39 is 6.61 Å². The molecule has 1 atom stereocenters. The molecule has 1 radical (unpaired) electrons. The molecular formula is C20H20F2NO3. The molecule has 0 spiro atoms. The Morgan fingerprint density at radius 3 is 2.69 bits per heavy atom. The number of rotatable bonds is 4. The lowest BCUT2D eigenvalue weighted by Crippen LogP contribution is -2.39. The highest BCUT2D eigenvalue weighted by atomic mass is 19.3. The van der Waals surface area contributed by atoms with Crippen LogP contribution in [0.25, 0.3) is 0 Å². The van der Waals surface area contributed by atoms with Gasteiger partial charge in [0.15, 0.2) is 11.5 Å². The molecule has 2 aliphatic heterocycles. The summed E-state index contributed by atoms with van der Waals surface area (Å²) in [4.78, 5) is 2.40. The maximum atomic E-state index is 12.7. The second-order valence-electron chi connectivity index (χ2n) is 6.55. The third-order valence-electron chi connectivity index (χ3n) is 5.20. The Hall–Kier alpha value is -2.34. The van der Waals surface area contributed by atoms with E-state index in [1.165, 1.54) is 12.7 Å². The Labute approximate surface area is 151 Å². The van der Waals surface area contributed by atoms with Gasteiger partial charge in [-0.25, -0.2) is 0 Å². The molecule has 137 valence electrons. The molecule has 0 aliphatic carbocycles. The van der Waals surface area contributed by atoms with Crippen molar-refractivity contribution in [2.24, 2.45) is 0 Å². The minimum Gasteiger partial charge on any atom is -0.496 e. The molecule has 0 saturated heterocycles. The van der Waals surface area contributed by atoms with Crippen LogP contribution >= 0.6 is 0 Å². The Bertz CT molecular complexity index is 825. The first-order valence-electron chi connectivity index (χ1n) is 8.56. The van der Waals surface area contributed by atoms with Gasteiger partial charge in [0.1, 0.15) is 5.75 Å². The summed E-state index contributed by atoms with van der Waals surface area (Å²) in [7, 11) is 3.12. The number of hydrogen-bond donors (Lipinski definition) is 0. The Morgan fingerprint density at radius 2 is 1.96 bits per heavy atom. The van der Waals surface area contributed by atoms with Crippen LogP contribution in [0.2, 0.25) is 0 Å². The van der Waals surface area contributed by atoms with Crippen molar-refractivity contribution in [2.45, 2.75) is 32.0 Å². The Kier molecular flexibility index (Phi) is 4.44. The van der Waals surface area contributed by atoms with E-state index in [-0.39, 0.29) is 11.8 Å². The van der Waals surface area contributed by atoms with E-state index in [2.05, 4.69) is 21.8 Å². The van der Waals surface area contributed by atoms with Crippen molar-refractivity contribution in [1.29, 1.82) is 0 Å². The van der Waals surface area contributed by atoms with Gasteiger partial charge in [0.05, 0.1) is 14.2 Å². The zero-order valence-corrected chi connectivity index (χ0v) is 14.7. The normalized spacial score (nSPS) is 18.7. The summed E-state index contributed by atoms with van der Waals surface area (Å²) in [5.41, 5.74) is 4.57. The molecule has 0 amide bonds. The molecule has 0 N–H and O–H groups in total. The van der Waals surface area contributed by atoms with Gasteiger partial charge >= 0.3 is 6.61 Å². The largest absolute Gasteiger partial charge is 0.496 e. The monoisotopic (exact) mass is 360 g/mol. The van der Waals surface area contributed by atoms with Crippen molar-refractivity contribution >= 4 is 0 Å². The fourth-order valence-electron chi connectivity index (χ4n) is 3.95. The van der Waals surface area contributed by atoms with Crippen molar-refractivity contribution in [3.63, 3.8) is 0 Å². The van der Waals surface area contributed by atoms with Gasteiger partial charge in [0.25, 0.3) is 0 Å². The van der Waals surface area contributed by atoms with E-state index in [0.29, 0.717) is 5.75 Å². The zero-order valence-electron chi connectivity index (χ0n) is 14.7. The second-order valence-corrected chi connectivity index (χ2v) is 6.55. The maximum absolute atomic E-state index is 12.7. The number of fused-ring (bicyclic) bond motifs is 4. The molecule has 0 aromatic heterocycles. The van der Waals surface area contributed by atoms with Gasteiger partial charge in [-0.2, -0.15) is 8.78 Å². The topological polar surface area (TPSA) is 30.9 Å². The van der Waals surface area contributed by atoms with Crippen LogP contribution < -0.4 is 14.2 Å². The molecule has 2 aromatic rings. The molecule has 0 saturated carbocycles. The smallest absolute Gasteiger partial charge is 0.387 e. The van der Waals surface area contributed by atoms with Gasteiger partial charge in [-0.3, -0.25) is 4.90 Å². The van der Waals surface area contributed by atoms with E-state index >= 15 is 0 Å². The molecule has 1 unspecified atom stereocenters. The number of hydrogen-bond acceptors (Lipinski definition) is 4. The van der Waals surface area contributed by atoms with Gasteiger partial charge in [0.2, 0.25) is 0 Å². The van der Waals surface area contributed by atoms with Gasteiger partial charge in [-0.15, -0.1) is 0 Å². The van der Waals surface area contributed by atoms with E-state index in [9.17, 15) is 8.78 Å². The summed E-state index contributed by atoms with van der Waals surface area (Å²) in [6, 6.07) is 11.1. The third-order valence-corrected chi connectivity index (χ3v) is 5.20. The molecular weight excluding hydrogens is 340 g/mol. The maximum Gasteiger partial charge on any atom is 0.387 e. The van der Waals surface area contributed by atoms with E-state index in [0.717, 1.165) is 48.4 Å². The first-order chi connectivity index (χ1) is 12.6. The predicted molar refractivity (Wildman–Crippen MR) is 92.0 cm³/mol. The van der Waals surface area contributed by atoms with Crippen molar-refractivity contribution in [3.05, 3.63) is 52.6 Å². The van der Waals surface area contributed by atoms with Gasteiger partial charge in [0, 0.05) is 25.2 Å². The first-order valence-corrected chi connectivity index (χ1v) is 8.56. The molecule has 4 rings (SSSR count). The zero-order chi connectivity index (χ0) is 18.3. The summed E-state index contributed by atoms with van der Waals surface area (Å²) in [5.74, 6) is 1.19. The second kappa shape index (κ2) is 6.76. The van der Waals surface area contributed by atoms with Gasteiger partial charge in [-0.05, 0) is 53.3 Å². The van der Waals surface area contributed by atoms with E-state index in [4.69, 9.17) is 9.47 Å². The van der Waals surface area contributed by atoms with Crippen LogP contribution in [0.15, 0.2) is 24.3 Å². The van der Waals surface area contributed by atoms with Gasteiger partial charge in [-0.1, -0.05) is 6.07 Å². The number of halogens is 2. The van der Waals surface area contributed by atoms with Crippen molar-refractivity contribution in [1.82, 2.24) is 4.90 Å².